The lowest BCUT2D eigenvalue weighted by Crippen LogP contribution is -2.51. The summed E-state index contributed by atoms with van der Waals surface area (Å²) in [7, 11) is 0. The SMILES string of the molecule is O=C(c1cccc(C(F)(F)F)c1)N1CCN(C(=O)C2CC2c2ccccc2Cl)CC1. The maximum atomic E-state index is 12.9. The summed E-state index contributed by atoms with van der Waals surface area (Å²) < 4.78 is 38.7. The first-order chi connectivity index (χ1) is 14.3. The van der Waals surface area contributed by atoms with E-state index in [-0.39, 0.29) is 23.3 Å². The quantitative estimate of drug-likeness (QED) is 0.713. The molecule has 8 heteroatoms. The molecule has 4 nitrogen and oxygen atoms in total. The van der Waals surface area contributed by atoms with Crippen LogP contribution in [0, 0.1) is 5.92 Å². The molecule has 1 saturated carbocycles. The molecule has 30 heavy (non-hydrogen) atoms. The van der Waals surface area contributed by atoms with Crippen molar-refractivity contribution in [1.29, 1.82) is 0 Å². The van der Waals surface area contributed by atoms with Gasteiger partial charge < -0.3 is 9.80 Å². The van der Waals surface area contributed by atoms with Gasteiger partial charge in [0.15, 0.2) is 0 Å². The lowest BCUT2D eigenvalue weighted by Gasteiger charge is -2.35. The number of hydrogen-bond acceptors (Lipinski definition) is 2. The van der Waals surface area contributed by atoms with Crippen LogP contribution < -0.4 is 0 Å². The molecule has 2 amide bonds. The monoisotopic (exact) mass is 436 g/mol. The zero-order chi connectivity index (χ0) is 21.5. The second kappa shape index (κ2) is 7.95. The zero-order valence-corrected chi connectivity index (χ0v) is 16.8. The molecule has 2 fully saturated rings. The molecule has 1 heterocycles. The third-order valence-electron chi connectivity index (χ3n) is 5.73. The molecule has 0 aromatic heterocycles. The lowest BCUT2D eigenvalue weighted by molar-refractivity contribution is -0.137. The zero-order valence-electron chi connectivity index (χ0n) is 16.0. The molecule has 0 bridgehead atoms. The number of carbonyl (C=O) groups is 2. The van der Waals surface area contributed by atoms with Gasteiger partial charge in [0, 0.05) is 42.7 Å². The van der Waals surface area contributed by atoms with E-state index in [0.29, 0.717) is 31.2 Å². The van der Waals surface area contributed by atoms with E-state index < -0.39 is 17.6 Å². The third kappa shape index (κ3) is 4.17. The van der Waals surface area contributed by atoms with E-state index in [4.69, 9.17) is 11.6 Å². The van der Waals surface area contributed by atoms with Gasteiger partial charge in [0.25, 0.3) is 5.91 Å². The summed E-state index contributed by atoms with van der Waals surface area (Å²) in [5.41, 5.74) is 0.142. The predicted octanol–water partition coefficient (Wildman–Crippen LogP) is 4.45. The fraction of sp³-hybridized carbons (Fsp3) is 0.364. The van der Waals surface area contributed by atoms with Crippen molar-refractivity contribution in [3.63, 3.8) is 0 Å². The van der Waals surface area contributed by atoms with Crippen LogP contribution in [0.1, 0.15) is 33.8 Å². The van der Waals surface area contributed by atoms with Crippen LogP contribution >= 0.6 is 11.6 Å². The minimum absolute atomic E-state index is 0.00516. The van der Waals surface area contributed by atoms with Crippen LogP contribution in [0.3, 0.4) is 0 Å². The second-order valence-corrected chi connectivity index (χ2v) is 8.07. The number of rotatable bonds is 3. The van der Waals surface area contributed by atoms with Gasteiger partial charge in [0.1, 0.15) is 0 Å². The fourth-order valence-electron chi connectivity index (χ4n) is 3.96. The normalized spacial score (nSPS) is 21.5. The maximum absolute atomic E-state index is 12.9. The van der Waals surface area contributed by atoms with Crippen LogP contribution in [0.2, 0.25) is 5.02 Å². The average Bonchev–Trinajstić information content (AvgIpc) is 3.53. The molecule has 2 aromatic rings. The molecule has 2 atom stereocenters. The van der Waals surface area contributed by atoms with Gasteiger partial charge in [-0.05, 0) is 42.2 Å². The number of benzene rings is 2. The average molecular weight is 437 g/mol. The van der Waals surface area contributed by atoms with Gasteiger partial charge in [-0.3, -0.25) is 9.59 Å². The van der Waals surface area contributed by atoms with E-state index in [2.05, 4.69) is 0 Å². The topological polar surface area (TPSA) is 40.6 Å². The summed E-state index contributed by atoms with van der Waals surface area (Å²) in [6.07, 6.45) is -3.74. The second-order valence-electron chi connectivity index (χ2n) is 7.67. The van der Waals surface area contributed by atoms with Crippen LogP contribution in [0.5, 0.6) is 0 Å². The van der Waals surface area contributed by atoms with Gasteiger partial charge in [-0.25, -0.2) is 0 Å². The first kappa shape index (κ1) is 20.7. The summed E-state index contributed by atoms with van der Waals surface area (Å²) in [4.78, 5) is 28.7. The molecule has 158 valence electrons. The van der Waals surface area contributed by atoms with Crippen molar-refractivity contribution in [2.45, 2.75) is 18.5 Å². The Kier molecular flexibility index (Phi) is 5.49. The van der Waals surface area contributed by atoms with Gasteiger partial charge in [-0.15, -0.1) is 0 Å². The van der Waals surface area contributed by atoms with Gasteiger partial charge in [-0.1, -0.05) is 35.9 Å². The highest BCUT2D eigenvalue weighted by Gasteiger charge is 2.47. The molecule has 0 N–H and O–H groups in total. The Bertz CT molecular complexity index is 971. The van der Waals surface area contributed by atoms with Gasteiger partial charge >= 0.3 is 6.18 Å². The van der Waals surface area contributed by atoms with Crippen LogP contribution in [-0.4, -0.2) is 47.8 Å². The number of hydrogen-bond donors (Lipinski definition) is 0. The molecule has 1 saturated heterocycles. The Morgan fingerprint density at radius 2 is 1.60 bits per heavy atom. The van der Waals surface area contributed by atoms with Gasteiger partial charge in [-0.2, -0.15) is 13.2 Å². The summed E-state index contributed by atoms with van der Waals surface area (Å²) in [5, 5.41) is 0.661. The highest BCUT2D eigenvalue weighted by Crippen LogP contribution is 2.50. The Hall–Kier alpha value is -2.54. The molecule has 2 unspecified atom stereocenters. The minimum Gasteiger partial charge on any atom is -0.339 e. The highest BCUT2D eigenvalue weighted by molar-refractivity contribution is 6.31. The molecule has 2 aromatic carbocycles. The Labute approximate surface area is 177 Å². The first-order valence-electron chi connectivity index (χ1n) is 9.75. The third-order valence-corrected chi connectivity index (χ3v) is 6.07. The predicted molar refractivity (Wildman–Crippen MR) is 106 cm³/mol. The smallest absolute Gasteiger partial charge is 0.339 e. The van der Waals surface area contributed by atoms with E-state index in [1.807, 2.05) is 24.3 Å². The van der Waals surface area contributed by atoms with Crippen molar-refractivity contribution in [3.05, 3.63) is 70.2 Å². The molecule has 0 radical (unpaired) electrons. The van der Waals surface area contributed by atoms with E-state index in [1.165, 1.54) is 17.0 Å². The van der Waals surface area contributed by atoms with Crippen molar-refractivity contribution in [1.82, 2.24) is 9.80 Å². The number of carbonyl (C=O) groups excluding carboxylic acids is 2. The van der Waals surface area contributed by atoms with Gasteiger partial charge in [0.2, 0.25) is 5.91 Å². The Morgan fingerprint density at radius 1 is 0.933 bits per heavy atom. The van der Waals surface area contributed by atoms with Crippen LogP contribution in [0.25, 0.3) is 0 Å². The summed E-state index contributed by atoms with van der Waals surface area (Å²) >= 11 is 6.23. The molecule has 2 aliphatic rings. The standard InChI is InChI=1S/C22H20ClF3N2O2/c23-19-7-2-1-6-16(19)17-13-18(17)21(30)28-10-8-27(9-11-28)20(29)14-4-3-5-15(12-14)22(24,25)26/h1-7,12,17-18H,8-11,13H2. The van der Waals surface area contributed by atoms with Crippen molar-refractivity contribution < 1.29 is 22.8 Å². The maximum Gasteiger partial charge on any atom is 0.416 e. The summed E-state index contributed by atoms with van der Waals surface area (Å²) in [6.45, 7) is 1.33. The van der Waals surface area contributed by atoms with Gasteiger partial charge in [0.05, 0.1) is 5.56 Å². The number of nitrogens with zero attached hydrogens (tertiary/aromatic N) is 2. The lowest BCUT2D eigenvalue weighted by atomic mass is 10.1. The molecular formula is C22H20ClF3N2O2. The minimum atomic E-state index is -4.50. The van der Waals surface area contributed by atoms with Crippen LogP contribution in [0.15, 0.2) is 48.5 Å². The molecular weight excluding hydrogens is 417 g/mol. The Balaban J connectivity index is 1.35. The van der Waals surface area contributed by atoms with Crippen LogP contribution in [0.4, 0.5) is 13.2 Å². The van der Waals surface area contributed by atoms with E-state index >= 15 is 0 Å². The number of alkyl halides is 3. The summed E-state index contributed by atoms with van der Waals surface area (Å²) in [6, 6.07) is 11.9. The highest BCUT2D eigenvalue weighted by atomic mass is 35.5. The molecule has 0 spiro atoms. The van der Waals surface area contributed by atoms with Crippen molar-refractivity contribution >= 4 is 23.4 Å². The van der Waals surface area contributed by atoms with E-state index in [1.54, 1.807) is 4.90 Å². The summed E-state index contributed by atoms with van der Waals surface area (Å²) in [5.74, 6) is -0.383. The molecule has 1 aliphatic heterocycles. The van der Waals surface area contributed by atoms with E-state index in [9.17, 15) is 22.8 Å². The van der Waals surface area contributed by atoms with E-state index in [0.717, 1.165) is 24.1 Å². The van der Waals surface area contributed by atoms with Crippen molar-refractivity contribution in [3.8, 4) is 0 Å². The fourth-order valence-corrected chi connectivity index (χ4v) is 4.24. The van der Waals surface area contributed by atoms with Crippen molar-refractivity contribution in [2.75, 3.05) is 26.2 Å². The van der Waals surface area contributed by atoms with Crippen LogP contribution in [-0.2, 0) is 11.0 Å². The number of amides is 2. The Morgan fingerprint density at radius 3 is 2.27 bits per heavy atom. The molecule has 1 aliphatic carbocycles. The number of halogens is 4. The largest absolute Gasteiger partial charge is 0.416 e. The number of piperazine rings is 1. The first-order valence-corrected chi connectivity index (χ1v) is 10.1. The van der Waals surface area contributed by atoms with Crippen molar-refractivity contribution in [2.24, 2.45) is 5.92 Å². The molecule has 4 rings (SSSR count).